The van der Waals surface area contributed by atoms with E-state index in [9.17, 15) is 9.59 Å². The lowest BCUT2D eigenvalue weighted by atomic mass is 9.93. The number of benzene rings is 3. The van der Waals surface area contributed by atoms with E-state index in [2.05, 4.69) is 0 Å². The van der Waals surface area contributed by atoms with Crippen LogP contribution in [-0.2, 0) is 11.2 Å². The quantitative estimate of drug-likeness (QED) is 0.526. The number of hydrogen-bond donors (Lipinski definition) is 0. The van der Waals surface area contributed by atoms with Crippen LogP contribution < -0.4 is 9.47 Å². The highest BCUT2D eigenvalue weighted by molar-refractivity contribution is 5.98. The summed E-state index contributed by atoms with van der Waals surface area (Å²) in [6, 6.07) is 21.0. The normalized spacial score (nSPS) is 21.1. The molecule has 0 aromatic heterocycles. The van der Waals surface area contributed by atoms with Crippen LogP contribution in [0.5, 0.6) is 11.5 Å². The van der Waals surface area contributed by atoms with E-state index in [4.69, 9.17) is 14.2 Å². The Hall–Kier alpha value is -3.80. The molecule has 0 radical (unpaired) electrons. The Labute approximate surface area is 198 Å². The molecule has 0 unspecified atom stereocenters. The summed E-state index contributed by atoms with van der Waals surface area (Å²) in [5.41, 5.74) is 4.00. The van der Waals surface area contributed by atoms with E-state index in [-0.39, 0.29) is 24.0 Å². The Morgan fingerprint density at radius 2 is 1.71 bits per heavy atom. The molecule has 3 aliphatic heterocycles. The molecule has 34 heavy (non-hydrogen) atoms. The molecule has 6 nitrogen and oxygen atoms in total. The Bertz CT molecular complexity index is 1250. The summed E-state index contributed by atoms with van der Waals surface area (Å²) in [6.45, 7) is 1.78. The molecular weight excluding hydrogens is 430 g/mol. The van der Waals surface area contributed by atoms with Crippen molar-refractivity contribution in [2.75, 3.05) is 19.8 Å². The molecule has 0 saturated carbocycles. The number of ether oxygens (including phenoxy) is 3. The van der Waals surface area contributed by atoms with Crippen LogP contribution in [0.4, 0.5) is 0 Å². The number of likely N-dealkylation sites (tertiary alicyclic amines) is 1. The SMILES string of the molecule is O=C1O[C@H](c2ccccc2)Cc2cc(C(=O)N3CCC[C@H]3c3ccc4c(c3)OCCO4)ccc21. The van der Waals surface area contributed by atoms with Gasteiger partial charge >= 0.3 is 5.97 Å². The van der Waals surface area contributed by atoms with E-state index in [1.807, 2.05) is 59.5 Å². The summed E-state index contributed by atoms with van der Waals surface area (Å²) >= 11 is 0. The van der Waals surface area contributed by atoms with Crippen LogP contribution in [0.1, 0.15) is 62.4 Å². The van der Waals surface area contributed by atoms with Gasteiger partial charge in [0.1, 0.15) is 19.3 Å². The van der Waals surface area contributed by atoms with Gasteiger partial charge in [-0.05, 0) is 59.9 Å². The van der Waals surface area contributed by atoms with Crippen molar-refractivity contribution in [3.63, 3.8) is 0 Å². The van der Waals surface area contributed by atoms with E-state index in [0.29, 0.717) is 37.3 Å². The molecule has 1 amide bonds. The molecule has 1 saturated heterocycles. The number of nitrogens with zero attached hydrogens (tertiary/aromatic N) is 1. The smallest absolute Gasteiger partial charge is 0.339 e. The van der Waals surface area contributed by atoms with E-state index >= 15 is 0 Å². The van der Waals surface area contributed by atoms with Gasteiger partial charge in [-0.1, -0.05) is 36.4 Å². The van der Waals surface area contributed by atoms with Gasteiger partial charge in [-0.15, -0.1) is 0 Å². The monoisotopic (exact) mass is 455 g/mol. The fourth-order valence-electron chi connectivity index (χ4n) is 5.17. The van der Waals surface area contributed by atoms with Crippen LogP contribution in [0.25, 0.3) is 0 Å². The maximum absolute atomic E-state index is 13.6. The molecule has 2 atom stereocenters. The molecule has 3 aromatic rings. The van der Waals surface area contributed by atoms with E-state index in [0.717, 1.165) is 41.0 Å². The molecule has 0 aliphatic carbocycles. The molecule has 3 aromatic carbocycles. The molecule has 172 valence electrons. The van der Waals surface area contributed by atoms with Crippen LogP contribution in [0.2, 0.25) is 0 Å². The standard InChI is InChI=1S/C28H25NO5/c30-27(29-12-4-7-23(29)19-9-11-24-26(16-19)33-14-13-32-24)20-8-10-22-21(15-20)17-25(34-28(22)31)18-5-2-1-3-6-18/h1-3,5-6,8-11,15-16,23,25H,4,7,12-14,17H2/t23-,25-/m0/s1. The van der Waals surface area contributed by atoms with Crippen molar-refractivity contribution in [3.05, 3.63) is 94.5 Å². The van der Waals surface area contributed by atoms with Gasteiger partial charge in [0.25, 0.3) is 5.91 Å². The zero-order valence-electron chi connectivity index (χ0n) is 18.7. The molecule has 0 spiro atoms. The van der Waals surface area contributed by atoms with Crippen LogP contribution in [0.3, 0.4) is 0 Å². The number of esters is 1. The number of amides is 1. The number of carbonyl (C=O) groups excluding carboxylic acids is 2. The first-order valence-electron chi connectivity index (χ1n) is 11.8. The Balaban J connectivity index is 1.27. The first kappa shape index (κ1) is 20.8. The van der Waals surface area contributed by atoms with Crippen LogP contribution in [-0.4, -0.2) is 36.5 Å². The highest BCUT2D eigenvalue weighted by Gasteiger charge is 2.33. The molecule has 3 aliphatic rings. The number of hydrogen-bond acceptors (Lipinski definition) is 5. The molecule has 6 heteroatoms. The molecule has 0 bridgehead atoms. The maximum atomic E-state index is 13.6. The van der Waals surface area contributed by atoms with Gasteiger partial charge in [0.2, 0.25) is 0 Å². The average molecular weight is 456 g/mol. The summed E-state index contributed by atoms with van der Waals surface area (Å²) in [4.78, 5) is 28.1. The van der Waals surface area contributed by atoms with E-state index in [1.54, 1.807) is 12.1 Å². The maximum Gasteiger partial charge on any atom is 0.339 e. The molecule has 1 fully saturated rings. The Morgan fingerprint density at radius 3 is 2.56 bits per heavy atom. The third-order valence-electron chi connectivity index (χ3n) is 6.86. The fourth-order valence-corrected chi connectivity index (χ4v) is 5.17. The highest BCUT2D eigenvalue weighted by atomic mass is 16.6. The van der Waals surface area contributed by atoms with Gasteiger partial charge in [0.15, 0.2) is 11.5 Å². The van der Waals surface area contributed by atoms with Crippen molar-refractivity contribution < 1.29 is 23.8 Å². The summed E-state index contributed by atoms with van der Waals surface area (Å²) in [5, 5.41) is 0. The van der Waals surface area contributed by atoms with Gasteiger partial charge in [0.05, 0.1) is 11.6 Å². The first-order valence-corrected chi connectivity index (χ1v) is 11.8. The number of carbonyl (C=O) groups is 2. The third-order valence-corrected chi connectivity index (χ3v) is 6.86. The van der Waals surface area contributed by atoms with Crippen molar-refractivity contribution in [2.24, 2.45) is 0 Å². The van der Waals surface area contributed by atoms with Gasteiger partial charge < -0.3 is 19.1 Å². The molecule has 3 heterocycles. The van der Waals surface area contributed by atoms with Crippen LogP contribution >= 0.6 is 0 Å². The molecular formula is C28H25NO5. The summed E-state index contributed by atoms with van der Waals surface area (Å²) in [7, 11) is 0. The summed E-state index contributed by atoms with van der Waals surface area (Å²) in [5.74, 6) is 1.13. The van der Waals surface area contributed by atoms with Crippen molar-refractivity contribution in [1.29, 1.82) is 0 Å². The lowest BCUT2D eigenvalue weighted by Gasteiger charge is -2.28. The van der Waals surface area contributed by atoms with Crippen molar-refractivity contribution >= 4 is 11.9 Å². The minimum atomic E-state index is -0.344. The fraction of sp³-hybridized carbons (Fsp3) is 0.286. The van der Waals surface area contributed by atoms with Gasteiger partial charge in [-0.3, -0.25) is 4.79 Å². The predicted molar refractivity (Wildman–Crippen MR) is 125 cm³/mol. The topological polar surface area (TPSA) is 65.1 Å². The Kier molecular flexibility index (Phi) is 5.21. The van der Waals surface area contributed by atoms with Crippen LogP contribution in [0.15, 0.2) is 66.7 Å². The minimum absolute atomic E-state index is 0.0126. The lowest BCUT2D eigenvalue weighted by molar-refractivity contribution is 0.0252. The zero-order valence-corrected chi connectivity index (χ0v) is 18.7. The number of rotatable bonds is 3. The molecule has 0 N–H and O–H groups in total. The van der Waals surface area contributed by atoms with Crippen molar-refractivity contribution in [2.45, 2.75) is 31.4 Å². The van der Waals surface area contributed by atoms with Gasteiger partial charge in [0, 0.05) is 18.5 Å². The second-order valence-electron chi connectivity index (χ2n) is 8.94. The van der Waals surface area contributed by atoms with Gasteiger partial charge in [-0.2, -0.15) is 0 Å². The third kappa shape index (κ3) is 3.69. The number of cyclic esters (lactones) is 1. The van der Waals surface area contributed by atoms with Gasteiger partial charge in [-0.25, -0.2) is 4.79 Å². The zero-order chi connectivity index (χ0) is 23.1. The first-order chi connectivity index (χ1) is 16.7. The summed E-state index contributed by atoms with van der Waals surface area (Å²) < 4.78 is 17.1. The highest BCUT2D eigenvalue weighted by Crippen LogP contribution is 2.39. The largest absolute Gasteiger partial charge is 0.486 e. The Morgan fingerprint density at radius 1 is 0.882 bits per heavy atom. The molecule has 6 rings (SSSR count). The average Bonchev–Trinajstić information content (AvgIpc) is 3.38. The second kappa shape index (κ2) is 8.52. The predicted octanol–water partition coefficient (Wildman–Crippen LogP) is 4.89. The second-order valence-corrected chi connectivity index (χ2v) is 8.94. The van der Waals surface area contributed by atoms with Crippen LogP contribution in [0, 0.1) is 0 Å². The van der Waals surface area contributed by atoms with E-state index < -0.39 is 0 Å². The lowest BCUT2D eigenvalue weighted by Crippen LogP contribution is -2.31. The summed E-state index contributed by atoms with van der Waals surface area (Å²) in [6.07, 6.45) is 2.05. The minimum Gasteiger partial charge on any atom is -0.486 e. The van der Waals surface area contributed by atoms with Crippen molar-refractivity contribution in [1.82, 2.24) is 4.90 Å². The van der Waals surface area contributed by atoms with Crippen molar-refractivity contribution in [3.8, 4) is 11.5 Å². The van der Waals surface area contributed by atoms with E-state index in [1.165, 1.54) is 0 Å². The number of fused-ring (bicyclic) bond motifs is 2.